The van der Waals surface area contributed by atoms with Crippen molar-refractivity contribution in [2.24, 2.45) is 0 Å². The SMILES string of the molecule is C=COC(C)N1CCCC1. The number of hydrogen-bond acceptors (Lipinski definition) is 2. The van der Waals surface area contributed by atoms with Crippen molar-refractivity contribution < 1.29 is 4.74 Å². The first kappa shape index (κ1) is 7.61. The second kappa shape index (κ2) is 3.62. The second-order valence-corrected chi connectivity index (χ2v) is 2.65. The summed E-state index contributed by atoms with van der Waals surface area (Å²) in [5.74, 6) is 0. The highest BCUT2D eigenvalue weighted by Gasteiger charge is 2.17. The molecule has 1 unspecified atom stereocenters. The highest BCUT2D eigenvalue weighted by molar-refractivity contribution is 4.68. The first-order valence-corrected chi connectivity index (χ1v) is 3.85. The van der Waals surface area contributed by atoms with Gasteiger partial charge in [-0.2, -0.15) is 0 Å². The summed E-state index contributed by atoms with van der Waals surface area (Å²) < 4.78 is 5.22. The number of hydrogen-bond donors (Lipinski definition) is 0. The minimum absolute atomic E-state index is 0.222. The fourth-order valence-electron chi connectivity index (χ4n) is 1.33. The van der Waals surface area contributed by atoms with E-state index in [0.29, 0.717) is 0 Å². The summed E-state index contributed by atoms with van der Waals surface area (Å²) in [6.45, 7) is 7.94. The molecule has 58 valence electrons. The third kappa shape index (κ3) is 1.74. The molecule has 1 rings (SSSR count). The Balaban J connectivity index is 2.24. The third-order valence-electron chi connectivity index (χ3n) is 1.95. The van der Waals surface area contributed by atoms with Crippen LogP contribution in [0.2, 0.25) is 0 Å². The molecule has 0 N–H and O–H groups in total. The lowest BCUT2D eigenvalue weighted by atomic mass is 10.4. The van der Waals surface area contributed by atoms with Crippen molar-refractivity contribution in [2.45, 2.75) is 26.0 Å². The van der Waals surface area contributed by atoms with Crippen LogP contribution in [-0.4, -0.2) is 24.2 Å². The molecule has 10 heavy (non-hydrogen) atoms. The number of likely N-dealkylation sites (tertiary alicyclic amines) is 1. The van der Waals surface area contributed by atoms with Crippen LogP contribution in [0.1, 0.15) is 19.8 Å². The van der Waals surface area contributed by atoms with Gasteiger partial charge in [-0.15, -0.1) is 0 Å². The Kier molecular flexibility index (Phi) is 2.75. The maximum atomic E-state index is 5.22. The van der Waals surface area contributed by atoms with E-state index in [1.54, 1.807) is 0 Å². The van der Waals surface area contributed by atoms with Crippen LogP contribution in [0.3, 0.4) is 0 Å². The van der Waals surface area contributed by atoms with Crippen molar-refractivity contribution in [1.29, 1.82) is 0 Å². The van der Waals surface area contributed by atoms with Crippen LogP contribution in [0.25, 0.3) is 0 Å². The van der Waals surface area contributed by atoms with Gasteiger partial charge in [0.15, 0.2) is 0 Å². The van der Waals surface area contributed by atoms with E-state index in [2.05, 4.69) is 18.4 Å². The summed E-state index contributed by atoms with van der Waals surface area (Å²) in [4.78, 5) is 2.32. The average Bonchev–Trinajstić information content (AvgIpc) is 2.38. The number of rotatable bonds is 3. The summed E-state index contributed by atoms with van der Waals surface area (Å²) in [5, 5.41) is 0. The fraction of sp³-hybridized carbons (Fsp3) is 0.750. The Hall–Kier alpha value is -0.500. The molecule has 0 saturated carbocycles. The van der Waals surface area contributed by atoms with Crippen LogP contribution in [0, 0.1) is 0 Å². The normalized spacial score (nSPS) is 22.5. The molecule has 0 aromatic carbocycles. The van der Waals surface area contributed by atoms with Crippen LogP contribution in [0.5, 0.6) is 0 Å². The van der Waals surface area contributed by atoms with E-state index in [0.717, 1.165) is 0 Å². The minimum atomic E-state index is 0.222. The van der Waals surface area contributed by atoms with E-state index in [4.69, 9.17) is 4.74 Å². The zero-order valence-corrected chi connectivity index (χ0v) is 6.55. The van der Waals surface area contributed by atoms with Gasteiger partial charge in [-0.25, -0.2) is 0 Å². The molecular formula is C8H15NO. The Labute approximate surface area is 62.5 Å². The number of nitrogens with zero attached hydrogens (tertiary/aromatic N) is 1. The van der Waals surface area contributed by atoms with Crippen molar-refractivity contribution in [3.8, 4) is 0 Å². The van der Waals surface area contributed by atoms with Gasteiger partial charge >= 0.3 is 0 Å². The summed E-state index contributed by atoms with van der Waals surface area (Å²) in [6.07, 6.45) is 4.36. The molecule has 0 spiro atoms. The second-order valence-electron chi connectivity index (χ2n) is 2.65. The highest BCUT2D eigenvalue weighted by Crippen LogP contribution is 2.11. The van der Waals surface area contributed by atoms with Gasteiger partial charge in [-0.1, -0.05) is 6.58 Å². The Morgan fingerprint density at radius 1 is 1.50 bits per heavy atom. The monoisotopic (exact) mass is 141 g/mol. The molecule has 1 atom stereocenters. The van der Waals surface area contributed by atoms with E-state index in [1.807, 2.05) is 0 Å². The zero-order chi connectivity index (χ0) is 7.40. The van der Waals surface area contributed by atoms with E-state index in [1.165, 1.54) is 32.2 Å². The summed E-state index contributed by atoms with van der Waals surface area (Å²) >= 11 is 0. The highest BCUT2D eigenvalue weighted by atomic mass is 16.5. The van der Waals surface area contributed by atoms with Gasteiger partial charge in [-0.3, -0.25) is 4.90 Å². The van der Waals surface area contributed by atoms with Gasteiger partial charge < -0.3 is 4.74 Å². The van der Waals surface area contributed by atoms with Crippen molar-refractivity contribution in [3.63, 3.8) is 0 Å². The van der Waals surface area contributed by atoms with Gasteiger partial charge in [0, 0.05) is 13.1 Å². The fourth-order valence-corrected chi connectivity index (χ4v) is 1.33. The molecule has 1 heterocycles. The van der Waals surface area contributed by atoms with Crippen molar-refractivity contribution >= 4 is 0 Å². The molecule has 1 fully saturated rings. The molecule has 0 bridgehead atoms. The summed E-state index contributed by atoms with van der Waals surface area (Å²) in [7, 11) is 0. The molecule has 1 saturated heterocycles. The third-order valence-corrected chi connectivity index (χ3v) is 1.95. The molecule has 0 radical (unpaired) electrons. The van der Waals surface area contributed by atoms with Gasteiger partial charge in [0.2, 0.25) is 0 Å². The Bertz CT molecular complexity index is 108. The van der Waals surface area contributed by atoms with Crippen molar-refractivity contribution in [1.82, 2.24) is 4.90 Å². The molecule has 2 heteroatoms. The topological polar surface area (TPSA) is 12.5 Å². The van der Waals surface area contributed by atoms with Gasteiger partial charge in [0.1, 0.15) is 6.23 Å². The van der Waals surface area contributed by atoms with E-state index in [9.17, 15) is 0 Å². The van der Waals surface area contributed by atoms with E-state index >= 15 is 0 Å². The van der Waals surface area contributed by atoms with Crippen LogP contribution in [0.15, 0.2) is 12.8 Å². The van der Waals surface area contributed by atoms with Crippen LogP contribution >= 0.6 is 0 Å². The lowest BCUT2D eigenvalue weighted by molar-refractivity contribution is 0.0222. The molecule has 0 aromatic heterocycles. The molecule has 2 nitrogen and oxygen atoms in total. The van der Waals surface area contributed by atoms with Gasteiger partial charge in [0.05, 0.1) is 6.26 Å². The average molecular weight is 141 g/mol. The zero-order valence-electron chi connectivity index (χ0n) is 6.55. The largest absolute Gasteiger partial charge is 0.484 e. The molecule has 0 aliphatic carbocycles. The molecular weight excluding hydrogens is 126 g/mol. The van der Waals surface area contributed by atoms with Gasteiger partial charge in [-0.05, 0) is 19.8 Å². The maximum Gasteiger partial charge on any atom is 0.148 e. The molecule has 1 aliphatic heterocycles. The molecule has 1 aliphatic rings. The first-order chi connectivity index (χ1) is 4.84. The summed E-state index contributed by atoms with van der Waals surface area (Å²) in [6, 6.07) is 0. The smallest absolute Gasteiger partial charge is 0.148 e. The van der Waals surface area contributed by atoms with Crippen LogP contribution < -0.4 is 0 Å². The van der Waals surface area contributed by atoms with E-state index < -0.39 is 0 Å². The van der Waals surface area contributed by atoms with Crippen LogP contribution in [0.4, 0.5) is 0 Å². The minimum Gasteiger partial charge on any atom is -0.484 e. The standard InChI is InChI=1S/C8H15NO/c1-3-10-8(2)9-6-4-5-7-9/h3,8H,1,4-7H2,2H3. The van der Waals surface area contributed by atoms with Crippen molar-refractivity contribution in [3.05, 3.63) is 12.8 Å². The first-order valence-electron chi connectivity index (χ1n) is 3.85. The number of ether oxygens (including phenoxy) is 1. The Morgan fingerprint density at radius 3 is 2.60 bits per heavy atom. The maximum absolute atomic E-state index is 5.22. The predicted molar refractivity (Wildman–Crippen MR) is 41.6 cm³/mol. The van der Waals surface area contributed by atoms with Gasteiger partial charge in [0.25, 0.3) is 0 Å². The van der Waals surface area contributed by atoms with Crippen molar-refractivity contribution in [2.75, 3.05) is 13.1 Å². The quantitative estimate of drug-likeness (QED) is 0.553. The molecule has 0 aromatic rings. The Morgan fingerprint density at radius 2 is 2.10 bits per heavy atom. The summed E-state index contributed by atoms with van der Waals surface area (Å²) in [5.41, 5.74) is 0. The lowest BCUT2D eigenvalue weighted by Crippen LogP contribution is -2.30. The lowest BCUT2D eigenvalue weighted by Gasteiger charge is -2.22. The van der Waals surface area contributed by atoms with Crippen LogP contribution in [-0.2, 0) is 4.74 Å². The predicted octanol–water partition coefficient (Wildman–Crippen LogP) is 1.59. The van der Waals surface area contributed by atoms with E-state index in [-0.39, 0.29) is 6.23 Å². The molecule has 0 amide bonds.